The first-order valence-electron chi connectivity index (χ1n) is 7.15. The van der Waals surface area contributed by atoms with Gasteiger partial charge >= 0.3 is 0 Å². The molecule has 1 amide bonds. The Hall–Kier alpha value is -2.56. The fourth-order valence-electron chi connectivity index (χ4n) is 2.56. The molecule has 0 unspecified atom stereocenters. The molecule has 108 valence electrons. The number of nitrogens with one attached hydrogen (secondary N) is 3. The first-order chi connectivity index (χ1) is 10.3. The van der Waals surface area contributed by atoms with Gasteiger partial charge in [0.1, 0.15) is 5.69 Å². The number of para-hydroxylation sites is 1. The summed E-state index contributed by atoms with van der Waals surface area (Å²) in [5.41, 5.74) is 4.24. The van der Waals surface area contributed by atoms with Crippen LogP contribution in [0.1, 0.15) is 28.5 Å². The van der Waals surface area contributed by atoms with E-state index in [0.717, 1.165) is 12.8 Å². The van der Waals surface area contributed by atoms with E-state index < -0.39 is 0 Å². The summed E-state index contributed by atoms with van der Waals surface area (Å²) in [5.74, 6) is -0.124. The number of aromatic nitrogens is 3. The number of carbonyl (C=O) groups excluding carboxylic acids is 1. The zero-order valence-corrected chi connectivity index (χ0v) is 11.9. The van der Waals surface area contributed by atoms with Crippen molar-refractivity contribution >= 4 is 16.8 Å². The number of hydrogen-bond donors (Lipinski definition) is 3. The fraction of sp³-hybridized carbons (Fsp3) is 0.250. The summed E-state index contributed by atoms with van der Waals surface area (Å²) in [4.78, 5) is 15.2. The van der Waals surface area contributed by atoms with Crippen molar-refractivity contribution < 1.29 is 4.79 Å². The number of amides is 1. The number of carbonyl (C=O) groups is 1. The molecule has 5 nitrogen and oxygen atoms in total. The molecule has 3 rings (SSSR count). The van der Waals surface area contributed by atoms with E-state index in [2.05, 4.69) is 45.6 Å². The van der Waals surface area contributed by atoms with Gasteiger partial charge in [-0.3, -0.25) is 9.89 Å². The van der Waals surface area contributed by atoms with E-state index in [4.69, 9.17) is 0 Å². The second-order valence-corrected chi connectivity index (χ2v) is 4.98. The molecular weight excluding hydrogens is 264 g/mol. The summed E-state index contributed by atoms with van der Waals surface area (Å²) in [7, 11) is 0. The zero-order valence-electron chi connectivity index (χ0n) is 11.9. The van der Waals surface area contributed by atoms with Crippen LogP contribution in [0.4, 0.5) is 0 Å². The molecule has 0 bridgehead atoms. The number of benzene rings is 1. The Kier molecular flexibility index (Phi) is 3.73. The zero-order chi connectivity index (χ0) is 14.7. The first kappa shape index (κ1) is 13.4. The molecule has 0 aliphatic rings. The summed E-state index contributed by atoms with van der Waals surface area (Å²) >= 11 is 0. The molecule has 0 saturated carbocycles. The topological polar surface area (TPSA) is 73.6 Å². The highest BCUT2D eigenvalue weighted by Crippen LogP contribution is 2.22. The van der Waals surface area contributed by atoms with Crippen molar-refractivity contribution in [3.63, 3.8) is 0 Å². The molecule has 5 heteroatoms. The van der Waals surface area contributed by atoms with E-state index >= 15 is 0 Å². The van der Waals surface area contributed by atoms with Crippen molar-refractivity contribution in [2.24, 2.45) is 0 Å². The van der Waals surface area contributed by atoms with Crippen LogP contribution in [0.15, 0.2) is 36.7 Å². The van der Waals surface area contributed by atoms with Gasteiger partial charge < -0.3 is 10.3 Å². The summed E-state index contributed by atoms with van der Waals surface area (Å²) in [6.07, 6.45) is 5.41. The highest BCUT2D eigenvalue weighted by molar-refractivity contribution is 5.92. The minimum atomic E-state index is -0.124. The number of aromatic amines is 2. The van der Waals surface area contributed by atoms with Crippen LogP contribution in [0.3, 0.4) is 0 Å². The van der Waals surface area contributed by atoms with Crippen LogP contribution in [0, 0.1) is 0 Å². The van der Waals surface area contributed by atoms with Crippen LogP contribution >= 0.6 is 0 Å². The number of rotatable bonds is 5. The third-order valence-corrected chi connectivity index (χ3v) is 3.69. The highest BCUT2D eigenvalue weighted by atomic mass is 16.1. The third kappa shape index (κ3) is 2.67. The van der Waals surface area contributed by atoms with Crippen molar-refractivity contribution in [1.29, 1.82) is 0 Å². The molecular formula is C16H18N4O. The van der Waals surface area contributed by atoms with E-state index in [-0.39, 0.29) is 5.91 Å². The second-order valence-electron chi connectivity index (χ2n) is 4.98. The normalized spacial score (nSPS) is 10.9. The highest BCUT2D eigenvalue weighted by Gasteiger charge is 2.08. The lowest BCUT2D eigenvalue weighted by molar-refractivity contribution is 0.0949. The maximum atomic E-state index is 11.8. The van der Waals surface area contributed by atoms with Crippen LogP contribution < -0.4 is 5.32 Å². The van der Waals surface area contributed by atoms with Crippen molar-refractivity contribution in [1.82, 2.24) is 20.5 Å². The van der Waals surface area contributed by atoms with Gasteiger partial charge in [-0.15, -0.1) is 0 Å². The number of hydrogen-bond acceptors (Lipinski definition) is 2. The van der Waals surface area contributed by atoms with Gasteiger partial charge in [0.25, 0.3) is 5.91 Å². The van der Waals surface area contributed by atoms with Gasteiger partial charge in [-0.1, -0.05) is 25.1 Å². The van der Waals surface area contributed by atoms with Crippen LogP contribution in [0.5, 0.6) is 0 Å². The van der Waals surface area contributed by atoms with E-state index in [0.29, 0.717) is 12.2 Å². The van der Waals surface area contributed by atoms with E-state index in [9.17, 15) is 4.79 Å². The summed E-state index contributed by atoms with van der Waals surface area (Å²) in [6, 6.07) is 8.01. The number of fused-ring (bicyclic) bond motifs is 1. The Morgan fingerprint density at radius 1 is 1.29 bits per heavy atom. The smallest absolute Gasteiger partial charge is 0.269 e. The molecule has 0 aliphatic carbocycles. The molecule has 0 fully saturated rings. The number of nitrogens with zero attached hydrogens (tertiary/aromatic N) is 1. The van der Waals surface area contributed by atoms with E-state index in [1.54, 1.807) is 12.3 Å². The Bertz CT molecular complexity index is 743. The summed E-state index contributed by atoms with van der Waals surface area (Å²) < 4.78 is 0. The molecule has 3 N–H and O–H groups in total. The average Bonchev–Trinajstić information content (AvgIpc) is 3.16. The van der Waals surface area contributed by atoms with E-state index in [1.807, 2.05) is 6.20 Å². The predicted molar refractivity (Wildman–Crippen MR) is 82.3 cm³/mol. The van der Waals surface area contributed by atoms with Crippen LogP contribution in [-0.2, 0) is 12.8 Å². The maximum Gasteiger partial charge on any atom is 0.269 e. The van der Waals surface area contributed by atoms with Crippen molar-refractivity contribution in [3.8, 4) is 0 Å². The lowest BCUT2D eigenvalue weighted by Gasteiger charge is -2.04. The maximum absolute atomic E-state index is 11.8. The van der Waals surface area contributed by atoms with Gasteiger partial charge in [-0.2, -0.15) is 5.10 Å². The molecule has 0 saturated heterocycles. The minimum absolute atomic E-state index is 0.124. The van der Waals surface area contributed by atoms with Gasteiger partial charge in [0, 0.05) is 29.8 Å². The average molecular weight is 282 g/mol. The molecule has 0 radical (unpaired) electrons. The van der Waals surface area contributed by atoms with Crippen LogP contribution in [-0.4, -0.2) is 27.6 Å². The lowest BCUT2D eigenvalue weighted by atomic mass is 10.1. The first-order valence-corrected chi connectivity index (χ1v) is 7.15. The van der Waals surface area contributed by atoms with Gasteiger partial charge in [0.2, 0.25) is 0 Å². The summed E-state index contributed by atoms with van der Waals surface area (Å²) in [5, 5.41) is 10.6. The Labute approximate surface area is 122 Å². The van der Waals surface area contributed by atoms with Crippen LogP contribution in [0.25, 0.3) is 10.9 Å². The number of aryl methyl sites for hydroxylation is 1. The molecule has 0 atom stereocenters. The minimum Gasteiger partial charge on any atom is -0.361 e. The van der Waals surface area contributed by atoms with Crippen molar-refractivity contribution in [3.05, 3.63) is 53.5 Å². The van der Waals surface area contributed by atoms with Gasteiger partial charge in [0.15, 0.2) is 0 Å². The Morgan fingerprint density at radius 2 is 2.19 bits per heavy atom. The SMILES string of the molecule is CCc1cccc2c(CCNC(=O)c3ccn[nH]3)c[nH]c12. The van der Waals surface area contributed by atoms with Gasteiger partial charge in [-0.25, -0.2) is 0 Å². The molecule has 3 aromatic rings. The largest absolute Gasteiger partial charge is 0.361 e. The van der Waals surface area contributed by atoms with E-state index in [1.165, 1.54) is 22.0 Å². The molecule has 2 aromatic heterocycles. The monoisotopic (exact) mass is 282 g/mol. The number of H-pyrrole nitrogens is 2. The molecule has 0 aliphatic heterocycles. The van der Waals surface area contributed by atoms with Gasteiger partial charge in [0.05, 0.1) is 0 Å². The Balaban J connectivity index is 1.67. The molecule has 1 aromatic carbocycles. The quantitative estimate of drug-likeness (QED) is 0.672. The standard InChI is InChI=1S/C16H18N4O/c1-2-11-4-3-5-13-12(10-18-15(11)13)6-8-17-16(21)14-7-9-19-20-14/h3-5,7,9-10,18H,2,6,8H2,1H3,(H,17,21)(H,19,20). The van der Waals surface area contributed by atoms with Crippen LogP contribution in [0.2, 0.25) is 0 Å². The second kappa shape index (κ2) is 5.83. The van der Waals surface area contributed by atoms with Gasteiger partial charge in [-0.05, 0) is 30.0 Å². The molecule has 2 heterocycles. The summed E-state index contributed by atoms with van der Waals surface area (Å²) in [6.45, 7) is 2.75. The fourth-order valence-corrected chi connectivity index (χ4v) is 2.56. The molecule has 0 spiro atoms. The van der Waals surface area contributed by atoms with Crippen molar-refractivity contribution in [2.45, 2.75) is 19.8 Å². The predicted octanol–water partition coefficient (Wildman–Crippen LogP) is 2.43. The Morgan fingerprint density at radius 3 is 2.95 bits per heavy atom. The van der Waals surface area contributed by atoms with Crippen molar-refractivity contribution in [2.75, 3.05) is 6.54 Å². The lowest BCUT2D eigenvalue weighted by Crippen LogP contribution is -2.25. The third-order valence-electron chi connectivity index (χ3n) is 3.69. The molecule has 21 heavy (non-hydrogen) atoms.